The molecule has 0 spiro atoms. The molecule has 0 fully saturated rings. The monoisotopic (exact) mass is 395 g/mol. The number of nitrogens with one attached hydrogen (secondary N) is 1. The summed E-state index contributed by atoms with van der Waals surface area (Å²) in [6, 6.07) is 2.68. The average molecular weight is 395 g/mol. The van der Waals surface area contributed by atoms with E-state index in [9.17, 15) is 18.4 Å². The number of benzene rings is 1. The third-order valence-electron chi connectivity index (χ3n) is 3.78. The quantitative estimate of drug-likeness (QED) is 0.835. The van der Waals surface area contributed by atoms with E-state index in [2.05, 4.69) is 10.3 Å². The van der Waals surface area contributed by atoms with E-state index in [1.807, 2.05) is 0 Å². The first-order valence-electron chi connectivity index (χ1n) is 8.35. The molecule has 0 saturated heterocycles. The van der Waals surface area contributed by atoms with Crippen LogP contribution in [-0.2, 0) is 17.7 Å². The Kier molecular flexibility index (Phi) is 5.14. The third-order valence-corrected chi connectivity index (χ3v) is 4.77. The van der Waals surface area contributed by atoms with Crippen molar-refractivity contribution in [2.75, 3.05) is 11.9 Å². The average Bonchev–Trinajstić information content (AvgIpc) is 2.96. The Balaban J connectivity index is 1.70. The number of amides is 2. The molecule has 0 unspecified atom stereocenters. The summed E-state index contributed by atoms with van der Waals surface area (Å²) in [6.07, 6.45) is 0.115. The molecular formula is C18H19F2N3O3S. The van der Waals surface area contributed by atoms with Crippen molar-refractivity contribution < 1.29 is 23.1 Å². The van der Waals surface area contributed by atoms with Gasteiger partial charge in [0, 0.05) is 17.8 Å². The molecular weight excluding hydrogens is 376 g/mol. The number of rotatable bonds is 2. The lowest BCUT2D eigenvalue weighted by molar-refractivity contribution is 0.0225. The number of nitrogens with zero attached hydrogens (tertiary/aromatic N) is 2. The van der Waals surface area contributed by atoms with Crippen molar-refractivity contribution in [1.29, 1.82) is 0 Å². The Hall–Kier alpha value is -2.55. The van der Waals surface area contributed by atoms with Gasteiger partial charge >= 0.3 is 6.09 Å². The standard InChI is InChI=1S/C18H19F2N3O3S/c1-18(2,3)26-17(25)23-7-6-13-14(9-23)27-16(21-13)22-15(24)11-8-10(19)4-5-12(11)20/h4-5,8H,6-7,9H2,1-3H3,(H,21,22,24). The highest BCUT2D eigenvalue weighted by Crippen LogP contribution is 2.29. The van der Waals surface area contributed by atoms with Crippen molar-refractivity contribution in [2.24, 2.45) is 0 Å². The van der Waals surface area contributed by atoms with Gasteiger partial charge in [-0.2, -0.15) is 0 Å². The maximum Gasteiger partial charge on any atom is 0.410 e. The molecule has 2 heterocycles. The van der Waals surface area contributed by atoms with Crippen LogP contribution in [0, 0.1) is 11.6 Å². The minimum absolute atomic E-state index is 0.277. The predicted molar refractivity (Wildman–Crippen MR) is 96.8 cm³/mol. The first-order chi connectivity index (χ1) is 12.6. The molecule has 144 valence electrons. The Bertz CT molecular complexity index is 892. The molecule has 1 aliphatic rings. The van der Waals surface area contributed by atoms with Crippen molar-refractivity contribution in [3.8, 4) is 0 Å². The molecule has 0 radical (unpaired) electrons. The van der Waals surface area contributed by atoms with Crippen LogP contribution in [0.2, 0.25) is 0 Å². The van der Waals surface area contributed by atoms with Gasteiger partial charge in [-0.15, -0.1) is 0 Å². The predicted octanol–water partition coefficient (Wildman–Crippen LogP) is 3.97. The molecule has 2 aromatic rings. The third kappa shape index (κ3) is 4.60. The second-order valence-corrected chi connectivity index (χ2v) is 8.20. The number of fused-ring (bicyclic) bond motifs is 1. The zero-order valence-electron chi connectivity index (χ0n) is 15.1. The molecule has 1 aromatic carbocycles. The molecule has 0 bridgehead atoms. The fraction of sp³-hybridized carbons (Fsp3) is 0.389. The van der Waals surface area contributed by atoms with Gasteiger partial charge in [-0.05, 0) is 39.0 Å². The molecule has 27 heavy (non-hydrogen) atoms. The summed E-state index contributed by atoms with van der Waals surface area (Å²) in [4.78, 5) is 31.1. The number of anilines is 1. The molecule has 0 atom stereocenters. The molecule has 6 nitrogen and oxygen atoms in total. The van der Waals surface area contributed by atoms with Crippen molar-refractivity contribution in [1.82, 2.24) is 9.88 Å². The van der Waals surface area contributed by atoms with Crippen LogP contribution in [0.15, 0.2) is 18.2 Å². The van der Waals surface area contributed by atoms with E-state index in [1.165, 1.54) is 11.3 Å². The molecule has 3 rings (SSSR count). The summed E-state index contributed by atoms with van der Waals surface area (Å²) < 4.78 is 32.4. The van der Waals surface area contributed by atoms with Crippen LogP contribution < -0.4 is 5.32 Å². The van der Waals surface area contributed by atoms with Crippen molar-refractivity contribution in [3.05, 3.63) is 46.0 Å². The van der Waals surface area contributed by atoms with E-state index in [0.717, 1.165) is 28.8 Å². The molecule has 1 N–H and O–H groups in total. The van der Waals surface area contributed by atoms with Crippen molar-refractivity contribution in [3.63, 3.8) is 0 Å². The number of hydrogen-bond acceptors (Lipinski definition) is 5. The molecule has 0 aliphatic carbocycles. The fourth-order valence-electron chi connectivity index (χ4n) is 2.57. The number of halogens is 2. The highest BCUT2D eigenvalue weighted by atomic mass is 32.1. The van der Waals surface area contributed by atoms with Gasteiger partial charge in [-0.3, -0.25) is 10.1 Å². The summed E-state index contributed by atoms with van der Waals surface area (Å²) >= 11 is 1.20. The van der Waals surface area contributed by atoms with Gasteiger partial charge < -0.3 is 9.64 Å². The number of carbonyl (C=O) groups excluding carboxylic acids is 2. The minimum atomic E-state index is -0.814. The Morgan fingerprint density at radius 2 is 2.04 bits per heavy atom. The Morgan fingerprint density at radius 1 is 1.30 bits per heavy atom. The smallest absolute Gasteiger partial charge is 0.410 e. The van der Waals surface area contributed by atoms with E-state index < -0.39 is 34.8 Å². The SMILES string of the molecule is CC(C)(C)OC(=O)N1CCc2nc(NC(=O)c3cc(F)ccc3F)sc2C1. The van der Waals surface area contributed by atoms with E-state index in [4.69, 9.17) is 4.74 Å². The maximum atomic E-state index is 13.7. The van der Waals surface area contributed by atoms with E-state index in [-0.39, 0.29) is 5.13 Å². The fourth-order valence-corrected chi connectivity index (χ4v) is 3.59. The summed E-state index contributed by atoms with van der Waals surface area (Å²) in [6.45, 7) is 6.17. The molecule has 1 aliphatic heterocycles. The van der Waals surface area contributed by atoms with Gasteiger partial charge in [0.05, 0.1) is 17.8 Å². The Morgan fingerprint density at radius 3 is 2.74 bits per heavy atom. The van der Waals surface area contributed by atoms with Gasteiger partial charge in [0.25, 0.3) is 5.91 Å². The summed E-state index contributed by atoms with van der Waals surface area (Å²) in [5.74, 6) is -2.29. The highest BCUT2D eigenvalue weighted by molar-refractivity contribution is 7.15. The van der Waals surface area contributed by atoms with E-state index >= 15 is 0 Å². The van der Waals surface area contributed by atoms with Crippen LogP contribution in [0.4, 0.5) is 18.7 Å². The van der Waals surface area contributed by atoms with E-state index in [1.54, 1.807) is 25.7 Å². The van der Waals surface area contributed by atoms with Gasteiger partial charge in [-0.1, -0.05) is 11.3 Å². The topological polar surface area (TPSA) is 71.5 Å². The molecule has 0 saturated carbocycles. The van der Waals surface area contributed by atoms with Crippen LogP contribution in [0.1, 0.15) is 41.7 Å². The lowest BCUT2D eigenvalue weighted by Crippen LogP contribution is -2.39. The molecule has 2 amide bonds. The molecule has 9 heteroatoms. The second kappa shape index (κ2) is 7.22. The normalized spacial score (nSPS) is 13.9. The number of aromatic nitrogens is 1. The lowest BCUT2D eigenvalue weighted by Gasteiger charge is -2.29. The van der Waals surface area contributed by atoms with Gasteiger partial charge in [0.2, 0.25) is 0 Å². The van der Waals surface area contributed by atoms with Crippen molar-refractivity contribution in [2.45, 2.75) is 39.3 Å². The van der Waals surface area contributed by atoms with Gasteiger partial charge in [-0.25, -0.2) is 18.6 Å². The summed E-state index contributed by atoms with van der Waals surface area (Å²) in [5.41, 5.74) is -0.201. The van der Waals surface area contributed by atoms with Crippen molar-refractivity contribution >= 4 is 28.5 Å². The minimum Gasteiger partial charge on any atom is -0.444 e. The van der Waals surface area contributed by atoms with Gasteiger partial charge in [0.1, 0.15) is 17.2 Å². The number of ether oxygens (including phenoxy) is 1. The van der Waals surface area contributed by atoms with Gasteiger partial charge in [0.15, 0.2) is 5.13 Å². The number of hydrogen-bond donors (Lipinski definition) is 1. The zero-order valence-corrected chi connectivity index (χ0v) is 16.0. The Labute approximate surface area is 159 Å². The van der Waals surface area contributed by atoms with Crippen LogP contribution in [0.25, 0.3) is 0 Å². The second-order valence-electron chi connectivity index (χ2n) is 7.12. The highest BCUT2D eigenvalue weighted by Gasteiger charge is 2.28. The molecule has 1 aromatic heterocycles. The summed E-state index contributed by atoms with van der Waals surface area (Å²) in [5, 5.41) is 2.77. The first kappa shape index (κ1) is 19.2. The number of carbonyl (C=O) groups is 2. The van der Waals surface area contributed by atoms with Crippen LogP contribution in [0.3, 0.4) is 0 Å². The van der Waals surface area contributed by atoms with Crippen LogP contribution >= 0.6 is 11.3 Å². The largest absolute Gasteiger partial charge is 0.444 e. The first-order valence-corrected chi connectivity index (χ1v) is 9.17. The maximum absolute atomic E-state index is 13.7. The number of thiazole rings is 1. The lowest BCUT2D eigenvalue weighted by atomic mass is 10.2. The van der Waals surface area contributed by atoms with Crippen LogP contribution in [-0.4, -0.2) is 34.0 Å². The zero-order chi connectivity index (χ0) is 19.8. The van der Waals surface area contributed by atoms with Crippen LogP contribution in [0.5, 0.6) is 0 Å². The summed E-state index contributed by atoms with van der Waals surface area (Å²) in [7, 11) is 0. The van der Waals surface area contributed by atoms with E-state index in [0.29, 0.717) is 19.5 Å².